The van der Waals surface area contributed by atoms with E-state index in [1.165, 1.54) is 0 Å². The summed E-state index contributed by atoms with van der Waals surface area (Å²) in [7, 11) is 0. The second-order valence-electron chi connectivity index (χ2n) is 6.16. The highest BCUT2D eigenvalue weighted by Crippen LogP contribution is 2.32. The fourth-order valence-corrected chi connectivity index (χ4v) is 2.07. The van der Waals surface area contributed by atoms with Crippen LogP contribution in [0, 0.1) is 5.92 Å². The maximum Gasteiger partial charge on any atom is 0.335 e. The fourth-order valence-electron chi connectivity index (χ4n) is 2.07. The standard InChI is InChI=1S/C15H23NO3/c1-10(2)13(16(19)15(3,4)5)11-6-8-12(9-7-11)14(17)18/h6-10,13,19H,1-5H3,(H,17,18)/p+1. The Labute approximate surface area is 114 Å². The Kier molecular flexibility index (Phi) is 4.71. The molecule has 1 atom stereocenters. The number of hydroxylamine groups is 2. The van der Waals surface area contributed by atoms with E-state index in [9.17, 15) is 4.79 Å². The lowest BCUT2D eigenvalue weighted by Crippen LogP contribution is -2.43. The molecule has 0 heterocycles. The second-order valence-corrected chi connectivity index (χ2v) is 6.16. The summed E-state index contributed by atoms with van der Waals surface area (Å²) in [5, 5.41) is 18.8. The van der Waals surface area contributed by atoms with E-state index in [-0.39, 0.29) is 23.1 Å². The first-order valence-electron chi connectivity index (χ1n) is 6.48. The summed E-state index contributed by atoms with van der Waals surface area (Å²) < 4.78 is 0. The van der Waals surface area contributed by atoms with Crippen molar-refractivity contribution in [1.29, 1.82) is 0 Å². The third-order valence-corrected chi connectivity index (χ3v) is 3.13. The van der Waals surface area contributed by atoms with E-state index in [0.29, 0.717) is 0 Å². The van der Waals surface area contributed by atoms with Crippen molar-refractivity contribution >= 4 is 5.97 Å². The normalized spacial score (nSPS) is 13.9. The van der Waals surface area contributed by atoms with Gasteiger partial charge in [-0.15, -0.1) is 0 Å². The molecule has 0 aromatic heterocycles. The van der Waals surface area contributed by atoms with Crippen LogP contribution in [0.3, 0.4) is 0 Å². The second kappa shape index (κ2) is 5.72. The van der Waals surface area contributed by atoms with E-state index >= 15 is 0 Å². The summed E-state index contributed by atoms with van der Waals surface area (Å²) in [5.41, 5.74) is 0.990. The molecule has 0 radical (unpaired) electrons. The van der Waals surface area contributed by atoms with Gasteiger partial charge in [0, 0.05) is 0 Å². The Morgan fingerprint density at radius 3 is 2.00 bits per heavy atom. The van der Waals surface area contributed by atoms with Crippen molar-refractivity contribution < 1.29 is 15.1 Å². The SMILES string of the molecule is CC(C)C(c1ccc(C(=O)O)cc1)N([OH2+])C(C)(C)C. The molecule has 0 aliphatic rings. The van der Waals surface area contributed by atoms with Gasteiger partial charge in [-0.25, -0.2) is 4.79 Å². The van der Waals surface area contributed by atoms with Crippen molar-refractivity contribution in [2.45, 2.75) is 46.2 Å². The molecule has 0 fully saturated rings. The number of nitrogens with zero attached hydrogens (tertiary/aromatic N) is 1. The van der Waals surface area contributed by atoms with Gasteiger partial charge >= 0.3 is 5.97 Å². The van der Waals surface area contributed by atoms with Crippen molar-refractivity contribution in [3.05, 3.63) is 35.4 Å². The number of hydrogen-bond donors (Lipinski definition) is 1. The number of hydrogen-bond acceptors (Lipinski definition) is 2. The number of rotatable bonds is 4. The van der Waals surface area contributed by atoms with Gasteiger partial charge in [0.1, 0.15) is 6.04 Å². The Balaban J connectivity index is 3.10. The van der Waals surface area contributed by atoms with Crippen LogP contribution in [0.1, 0.15) is 56.6 Å². The van der Waals surface area contributed by atoms with Crippen LogP contribution in [0.15, 0.2) is 24.3 Å². The fraction of sp³-hybridized carbons (Fsp3) is 0.533. The molecule has 0 saturated carbocycles. The van der Waals surface area contributed by atoms with Crippen molar-refractivity contribution in [3.63, 3.8) is 0 Å². The van der Waals surface area contributed by atoms with Crippen molar-refractivity contribution in [1.82, 2.24) is 5.06 Å². The molecule has 19 heavy (non-hydrogen) atoms. The highest BCUT2D eigenvalue weighted by Gasteiger charge is 2.34. The molecular weight excluding hydrogens is 242 g/mol. The predicted molar refractivity (Wildman–Crippen MR) is 76.2 cm³/mol. The number of carbonyl (C=O) groups is 1. The van der Waals surface area contributed by atoms with Gasteiger partial charge in [0.05, 0.1) is 11.1 Å². The van der Waals surface area contributed by atoms with Gasteiger partial charge in [0.15, 0.2) is 0 Å². The van der Waals surface area contributed by atoms with Crippen LogP contribution in [-0.4, -0.2) is 26.9 Å². The predicted octanol–water partition coefficient (Wildman–Crippen LogP) is 2.82. The monoisotopic (exact) mass is 266 g/mol. The van der Waals surface area contributed by atoms with Crippen molar-refractivity contribution in [2.24, 2.45) is 5.92 Å². The lowest BCUT2D eigenvalue weighted by Gasteiger charge is -2.34. The van der Waals surface area contributed by atoms with E-state index in [1.54, 1.807) is 29.3 Å². The van der Waals surface area contributed by atoms with Crippen LogP contribution in [0.25, 0.3) is 0 Å². The minimum absolute atomic E-state index is 0.0529. The van der Waals surface area contributed by atoms with E-state index in [4.69, 9.17) is 10.3 Å². The first kappa shape index (κ1) is 15.7. The first-order valence-corrected chi connectivity index (χ1v) is 6.48. The zero-order valence-electron chi connectivity index (χ0n) is 12.3. The summed E-state index contributed by atoms with van der Waals surface area (Å²) in [4.78, 5) is 10.9. The summed E-state index contributed by atoms with van der Waals surface area (Å²) in [6.45, 7) is 10.1. The molecule has 1 aromatic carbocycles. The smallest absolute Gasteiger partial charge is 0.335 e. The van der Waals surface area contributed by atoms with Crippen molar-refractivity contribution in [3.8, 4) is 0 Å². The molecule has 0 aliphatic heterocycles. The summed E-state index contributed by atoms with van der Waals surface area (Å²) >= 11 is 0. The Morgan fingerprint density at radius 2 is 1.68 bits per heavy atom. The van der Waals surface area contributed by atoms with Gasteiger partial charge in [-0.3, -0.25) is 0 Å². The zero-order valence-corrected chi connectivity index (χ0v) is 12.3. The van der Waals surface area contributed by atoms with Gasteiger partial charge in [0.25, 0.3) is 0 Å². The first-order chi connectivity index (χ1) is 8.64. The van der Waals surface area contributed by atoms with Gasteiger partial charge in [-0.1, -0.05) is 31.0 Å². The molecule has 1 rings (SSSR count). The average Bonchev–Trinajstić information content (AvgIpc) is 2.28. The molecule has 0 saturated heterocycles. The number of carboxylic acids is 1. The van der Waals surface area contributed by atoms with E-state index in [2.05, 4.69) is 13.8 Å². The minimum Gasteiger partial charge on any atom is -0.478 e. The van der Waals surface area contributed by atoms with E-state index in [1.807, 2.05) is 20.8 Å². The summed E-state index contributed by atoms with van der Waals surface area (Å²) in [5.74, 6) is -0.654. The quantitative estimate of drug-likeness (QED) is 0.673. The minimum atomic E-state index is -0.925. The molecule has 106 valence electrons. The number of aromatic carboxylic acids is 1. The average molecular weight is 266 g/mol. The Morgan fingerprint density at radius 1 is 1.21 bits per heavy atom. The van der Waals surface area contributed by atoms with Gasteiger partial charge in [-0.2, -0.15) is 0 Å². The molecule has 0 aliphatic carbocycles. The van der Waals surface area contributed by atoms with Crippen LogP contribution >= 0.6 is 0 Å². The van der Waals surface area contributed by atoms with Crippen LogP contribution in [0.2, 0.25) is 0 Å². The molecular formula is C15H24NO3+. The van der Waals surface area contributed by atoms with Crippen molar-refractivity contribution in [2.75, 3.05) is 0 Å². The lowest BCUT2D eigenvalue weighted by atomic mass is 9.92. The largest absolute Gasteiger partial charge is 0.478 e. The van der Waals surface area contributed by atoms with E-state index < -0.39 is 5.97 Å². The molecule has 0 bridgehead atoms. The molecule has 1 unspecified atom stereocenters. The summed E-state index contributed by atoms with van der Waals surface area (Å²) in [6, 6.07) is 6.76. The number of carboxylic acid groups (broad SMARTS) is 1. The van der Waals surface area contributed by atoms with Gasteiger partial charge in [-0.05, 0) is 44.4 Å². The Bertz CT molecular complexity index is 432. The molecule has 0 amide bonds. The summed E-state index contributed by atoms with van der Waals surface area (Å²) in [6.07, 6.45) is 0. The Hall–Kier alpha value is -1.39. The van der Waals surface area contributed by atoms with Crippen LogP contribution in [0.4, 0.5) is 0 Å². The zero-order chi connectivity index (χ0) is 14.8. The molecule has 3 N–H and O–H groups in total. The molecule has 4 heteroatoms. The lowest BCUT2D eigenvalue weighted by molar-refractivity contribution is -0.199. The highest BCUT2D eigenvalue weighted by molar-refractivity contribution is 5.87. The third kappa shape index (κ3) is 3.78. The third-order valence-electron chi connectivity index (χ3n) is 3.13. The van der Waals surface area contributed by atoms with Gasteiger partial charge < -0.3 is 10.3 Å². The topological polar surface area (TPSA) is 63.4 Å². The maximum absolute atomic E-state index is 10.9. The maximum atomic E-state index is 10.9. The van der Waals surface area contributed by atoms with E-state index in [0.717, 1.165) is 5.56 Å². The van der Waals surface area contributed by atoms with Crippen LogP contribution in [-0.2, 0) is 0 Å². The molecule has 1 aromatic rings. The highest BCUT2D eigenvalue weighted by atomic mass is 16.5. The van der Waals surface area contributed by atoms with Crippen LogP contribution < -0.4 is 0 Å². The van der Waals surface area contributed by atoms with Gasteiger partial charge in [0.2, 0.25) is 0 Å². The van der Waals surface area contributed by atoms with Crippen LogP contribution in [0.5, 0.6) is 0 Å². The molecule has 4 nitrogen and oxygen atoms in total. The molecule has 0 spiro atoms. The number of benzene rings is 1.